The minimum Gasteiger partial charge on any atom is -0.449 e. The van der Waals surface area contributed by atoms with Crippen LogP contribution >= 0.6 is 0 Å². The Morgan fingerprint density at radius 1 is 1.26 bits per heavy atom. The summed E-state index contributed by atoms with van der Waals surface area (Å²) in [6, 6.07) is 0. The Morgan fingerprint density at radius 2 is 1.95 bits per heavy atom. The summed E-state index contributed by atoms with van der Waals surface area (Å²) in [5.74, 6) is 3.14. The highest BCUT2D eigenvalue weighted by Crippen LogP contribution is 2.23. The topological polar surface area (TPSA) is 26.3 Å². The van der Waals surface area contributed by atoms with Gasteiger partial charge in [0.25, 0.3) is 0 Å². The number of carbonyl (C=O) groups is 1. The molecule has 0 aromatic heterocycles. The third-order valence-electron chi connectivity index (χ3n) is 2.93. The van der Waals surface area contributed by atoms with Crippen molar-refractivity contribution in [2.45, 2.75) is 51.7 Å². The molecule has 1 aliphatic carbocycles. The Hall–Kier alpha value is -1.23. The Bertz CT molecular complexity index is 408. The maximum atomic E-state index is 11.4. The van der Waals surface area contributed by atoms with Gasteiger partial charge in [0.15, 0.2) is 6.61 Å². The minimum atomic E-state index is -1.36. The number of carbonyl (C=O) groups excluding carboxylic acids is 1. The van der Waals surface area contributed by atoms with E-state index in [-0.39, 0.29) is 12.6 Å². The van der Waals surface area contributed by atoms with Crippen LogP contribution in [0.4, 0.5) is 0 Å². The van der Waals surface area contributed by atoms with Gasteiger partial charge >= 0.3 is 5.97 Å². The van der Waals surface area contributed by atoms with Crippen LogP contribution in [-0.2, 0) is 9.53 Å². The van der Waals surface area contributed by atoms with Crippen LogP contribution in [0.25, 0.3) is 0 Å². The van der Waals surface area contributed by atoms with E-state index in [9.17, 15) is 4.79 Å². The zero-order valence-electron chi connectivity index (χ0n) is 12.3. The SMILES string of the molecule is C[Si](C)(C)C#CCOC(=O)C=C=CC1CCCCC1. The first-order valence-corrected chi connectivity index (χ1v) is 10.6. The molecule has 3 heteroatoms. The molecule has 0 unspecified atom stereocenters. The standard InChI is InChI=1S/C16H24O2Si/c1-19(2,3)14-8-13-18-16(17)12-7-11-15-9-5-4-6-10-15/h11-12,15H,4-6,9-10,13H2,1-3H3. The molecular weight excluding hydrogens is 252 g/mol. The van der Waals surface area contributed by atoms with E-state index in [1.165, 1.54) is 38.2 Å². The lowest BCUT2D eigenvalue weighted by Crippen LogP contribution is -2.16. The zero-order chi connectivity index (χ0) is 14.1. The molecule has 1 rings (SSSR count). The summed E-state index contributed by atoms with van der Waals surface area (Å²) in [6.45, 7) is 6.67. The molecule has 1 fully saturated rings. The molecular formula is C16H24O2Si. The molecule has 0 heterocycles. The van der Waals surface area contributed by atoms with Gasteiger partial charge in [0.05, 0.1) is 6.08 Å². The van der Waals surface area contributed by atoms with Crippen molar-refractivity contribution in [3.63, 3.8) is 0 Å². The molecule has 0 spiro atoms. The second kappa shape index (κ2) is 8.04. The van der Waals surface area contributed by atoms with Crippen molar-refractivity contribution in [3.05, 3.63) is 17.9 Å². The molecule has 0 atom stereocenters. The highest BCUT2D eigenvalue weighted by molar-refractivity contribution is 6.83. The van der Waals surface area contributed by atoms with Gasteiger partial charge in [-0.1, -0.05) is 44.8 Å². The molecule has 0 radical (unpaired) electrons. The van der Waals surface area contributed by atoms with Gasteiger partial charge in [-0.2, -0.15) is 0 Å². The van der Waals surface area contributed by atoms with Crippen molar-refractivity contribution in [2.24, 2.45) is 5.92 Å². The number of esters is 1. The fourth-order valence-electron chi connectivity index (χ4n) is 2.00. The lowest BCUT2D eigenvalue weighted by atomic mass is 9.89. The number of rotatable bonds is 3. The van der Waals surface area contributed by atoms with Gasteiger partial charge in [0.1, 0.15) is 8.07 Å². The zero-order valence-corrected chi connectivity index (χ0v) is 13.3. The quantitative estimate of drug-likeness (QED) is 0.258. The van der Waals surface area contributed by atoms with E-state index in [0.29, 0.717) is 5.92 Å². The van der Waals surface area contributed by atoms with Gasteiger partial charge < -0.3 is 4.74 Å². The Labute approximate surface area is 117 Å². The molecule has 19 heavy (non-hydrogen) atoms. The Morgan fingerprint density at radius 3 is 2.58 bits per heavy atom. The van der Waals surface area contributed by atoms with E-state index in [1.807, 2.05) is 6.08 Å². The molecule has 104 valence electrons. The van der Waals surface area contributed by atoms with E-state index in [1.54, 1.807) is 0 Å². The van der Waals surface area contributed by atoms with E-state index < -0.39 is 8.07 Å². The van der Waals surface area contributed by atoms with Crippen LogP contribution in [0.5, 0.6) is 0 Å². The Balaban J connectivity index is 2.29. The van der Waals surface area contributed by atoms with Crippen molar-refractivity contribution < 1.29 is 9.53 Å². The molecule has 1 aliphatic rings. The molecule has 0 aromatic rings. The fourth-order valence-corrected chi connectivity index (χ4v) is 2.61. The minimum absolute atomic E-state index is 0.185. The number of ether oxygens (including phenoxy) is 1. The molecule has 0 saturated heterocycles. The lowest BCUT2D eigenvalue weighted by Gasteiger charge is -2.16. The first-order valence-electron chi connectivity index (χ1n) is 7.07. The van der Waals surface area contributed by atoms with Gasteiger partial charge in [0, 0.05) is 0 Å². The second-order valence-electron chi connectivity index (χ2n) is 6.04. The molecule has 1 saturated carbocycles. The molecule has 0 aromatic carbocycles. The van der Waals surface area contributed by atoms with Gasteiger partial charge in [-0.3, -0.25) is 0 Å². The van der Waals surface area contributed by atoms with Gasteiger partial charge in [-0.05, 0) is 24.8 Å². The van der Waals surface area contributed by atoms with E-state index >= 15 is 0 Å². The predicted molar refractivity (Wildman–Crippen MR) is 81.3 cm³/mol. The monoisotopic (exact) mass is 276 g/mol. The van der Waals surface area contributed by atoms with Crippen molar-refractivity contribution >= 4 is 14.0 Å². The highest BCUT2D eigenvalue weighted by Gasteiger charge is 2.09. The summed E-state index contributed by atoms with van der Waals surface area (Å²) in [6.07, 6.45) is 9.75. The van der Waals surface area contributed by atoms with Crippen LogP contribution < -0.4 is 0 Å². The van der Waals surface area contributed by atoms with Crippen LogP contribution in [0.2, 0.25) is 19.6 Å². The maximum Gasteiger partial charge on any atom is 0.339 e. The van der Waals surface area contributed by atoms with Crippen molar-refractivity contribution in [3.8, 4) is 11.5 Å². The normalized spacial score (nSPS) is 15.7. The van der Waals surface area contributed by atoms with Crippen LogP contribution in [0, 0.1) is 17.4 Å². The summed E-state index contributed by atoms with van der Waals surface area (Å²) >= 11 is 0. The van der Waals surface area contributed by atoms with E-state index in [4.69, 9.17) is 4.74 Å². The summed E-state index contributed by atoms with van der Waals surface area (Å²) in [5.41, 5.74) is 6.10. The number of hydrogen-bond donors (Lipinski definition) is 0. The van der Waals surface area contributed by atoms with Crippen molar-refractivity contribution in [1.82, 2.24) is 0 Å². The fraction of sp³-hybridized carbons (Fsp3) is 0.625. The van der Waals surface area contributed by atoms with Gasteiger partial charge in [0.2, 0.25) is 0 Å². The van der Waals surface area contributed by atoms with Crippen molar-refractivity contribution in [1.29, 1.82) is 0 Å². The van der Waals surface area contributed by atoms with Gasteiger partial charge in [-0.15, -0.1) is 11.3 Å². The highest BCUT2D eigenvalue weighted by atomic mass is 28.3. The third kappa shape index (κ3) is 8.48. The summed E-state index contributed by atoms with van der Waals surface area (Å²) < 4.78 is 5.00. The van der Waals surface area contributed by atoms with Crippen LogP contribution in [0.15, 0.2) is 17.9 Å². The maximum absolute atomic E-state index is 11.4. The Kier molecular flexibility index (Phi) is 6.70. The first-order chi connectivity index (χ1) is 8.97. The van der Waals surface area contributed by atoms with E-state index in [0.717, 1.165) is 0 Å². The second-order valence-corrected chi connectivity index (χ2v) is 10.8. The van der Waals surface area contributed by atoms with Crippen LogP contribution in [0.3, 0.4) is 0 Å². The largest absolute Gasteiger partial charge is 0.449 e. The van der Waals surface area contributed by atoms with Crippen LogP contribution in [-0.4, -0.2) is 20.7 Å². The third-order valence-corrected chi connectivity index (χ3v) is 3.86. The first kappa shape index (κ1) is 15.8. The molecule has 0 aliphatic heterocycles. The average Bonchev–Trinajstić information content (AvgIpc) is 2.35. The summed E-state index contributed by atoms with van der Waals surface area (Å²) in [7, 11) is -1.36. The van der Waals surface area contributed by atoms with Gasteiger partial charge in [-0.25, -0.2) is 4.79 Å². The van der Waals surface area contributed by atoms with Crippen molar-refractivity contribution in [2.75, 3.05) is 6.61 Å². The summed E-state index contributed by atoms with van der Waals surface area (Å²) in [5, 5.41) is 0. The molecule has 0 amide bonds. The molecule has 0 bridgehead atoms. The smallest absolute Gasteiger partial charge is 0.339 e. The molecule has 2 nitrogen and oxygen atoms in total. The van der Waals surface area contributed by atoms with E-state index in [2.05, 4.69) is 36.8 Å². The summed E-state index contributed by atoms with van der Waals surface area (Å²) in [4.78, 5) is 11.4. The average molecular weight is 276 g/mol. The van der Waals surface area contributed by atoms with Crippen LogP contribution in [0.1, 0.15) is 32.1 Å². The molecule has 0 N–H and O–H groups in total. The number of hydrogen-bond acceptors (Lipinski definition) is 2. The predicted octanol–water partition coefficient (Wildman–Crippen LogP) is 3.70. The lowest BCUT2D eigenvalue weighted by molar-refractivity contribution is -0.136.